The number of carbonyl (C=O) groups is 1. The summed E-state index contributed by atoms with van der Waals surface area (Å²) in [5, 5.41) is 11.6. The largest absolute Gasteiger partial charge is 0.573 e. The zero-order valence-corrected chi connectivity index (χ0v) is 13.3. The van der Waals surface area contributed by atoms with Gasteiger partial charge < -0.3 is 14.4 Å². The quantitative estimate of drug-likeness (QED) is 0.675. The van der Waals surface area contributed by atoms with Crippen molar-refractivity contribution in [3.8, 4) is 11.6 Å². The van der Waals surface area contributed by atoms with Crippen molar-refractivity contribution in [2.75, 3.05) is 0 Å². The van der Waals surface area contributed by atoms with Gasteiger partial charge in [-0.2, -0.15) is 0 Å². The van der Waals surface area contributed by atoms with Crippen LogP contribution in [0.5, 0.6) is 11.6 Å². The fourth-order valence-electron chi connectivity index (χ4n) is 2.54. The molecule has 0 spiro atoms. The van der Waals surface area contributed by atoms with E-state index in [1.807, 2.05) is 0 Å². The number of alkyl halides is 3. The van der Waals surface area contributed by atoms with Gasteiger partial charge >= 0.3 is 6.36 Å². The molecule has 0 amide bonds. The predicted octanol–water partition coefficient (Wildman–Crippen LogP) is 4.76. The van der Waals surface area contributed by atoms with Gasteiger partial charge in [0.1, 0.15) is 12.0 Å². The Morgan fingerprint density at radius 1 is 1.20 bits per heavy atom. The summed E-state index contributed by atoms with van der Waals surface area (Å²) in [6.07, 6.45) is -2.48. The number of hydrogen-bond donors (Lipinski definition) is 1. The minimum Gasteiger partial charge on any atom is -0.494 e. The summed E-state index contributed by atoms with van der Waals surface area (Å²) in [6, 6.07) is 8.35. The first kappa shape index (κ1) is 17.2. The predicted molar refractivity (Wildman–Crippen MR) is 86.2 cm³/mol. The molecule has 1 N–H and O–H groups in total. The third kappa shape index (κ3) is 3.71. The maximum atomic E-state index is 12.2. The SMILES string of the molecule is O=Cc1cc(Cl)c2c(O)n(Cc3ccc(OC(F)(F)F)cc3)cc2c1. The number of rotatable bonds is 4. The number of aromatic nitrogens is 1. The highest BCUT2D eigenvalue weighted by molar-refractivity contribution is 6.36. The van der Waals surface area contributed by atoms with E-state index in [-0.39, 0.29) is 23.2 Å². The number of aldehydes is 1. The van der Waals surface area contributed by atoms with E-state index in [4.69, 9.17) is 11.6 Å². The van der Waals surface area contributed by atoms with Crippen molar-refractivity contribution < 1.29 is 27.8 Å². The Kier molecular flexibility index (Phi) is 4.34. The molecule has 1 heterocycles. The van der Waals surface area contributed by atoms with Gasteiger partial charge in [-0.1, -0.05) is 23.7 Å². The lowest BCUT2D eigenvalue weighted by Gasteiger charge is -2.10. The summed E-state index contributed by atoms with van der Waals surface area (Å²) in [4.78, 5) is 10.9. The van der Waals surface area contributed by atoms with Crippen molar-refractivity contribution in [3.63, 3.8) is 0 Å². The first-order valence-electron chi connectivity index (χ1n) is 7.08. The van der Waals surface area contributed by atoms with Crippen LogP contribution in [0.1, 0.15) is 15.9 Å². The van der Waals surface area contributed by atoms with Gasteiger partial charge in [0.2, 0.25) is 5.88 Å². The zero-order chi connectivity index (χ0) is 18.2. The minimum atomic E-state index is -4.75. The highest BCUT2D eigenvalue weighted by Crippen LogP contribution is 2.35. The molecular weight excluding hydrogens is 359 g/mol. The van der Waals surface area contributed by atoms with Crippen molar-refractivity contribution >= 4 is 28.7 Å². The van der Waals surface area contributed by atoms with Crippen molar-refractivity contribution in [3.05, 3.63) is 58.7 Å². The molecule has 0 aliphatic heterocycles. The van der Waals surface area contributed by atoms with Crippen molar-refractivity contribution in [1.82, 2.24) is 4.57 Å². The molecule has 2 aromatic carbocycles. The molecule has 8 heteroatoms. The maximum Gasteiger partial charge on any atom is 0.573 e. The average molecular weight is 370 g/mol. The van der Waals surface area contributed by atoms with Crippen LogP contribution in [0.4, 0.5) is 13.2 Å². The van der Waals surface area contributed by atoms with Crippen LogP contribution in [0.25, 0.3) is 10.8 Å². The maximum absolute atomic E-state index is 12.2. The molecule has 3 aromatic rings. The number of nitrogens with zero attached hydrogens (tertiary/aromatic N) is 1. The summed E-state index contributed by atoms with van der Waals surface area (Å²) in [5.41, 5.74) is 1.03. The number of fused-ring (bicyclic) bond motifs is 1. The van der Waals surface area contributed by atoms with E-state index in [0.29, 0.717) is 28.2 Å². The highest BCUT2D eigenvalue weighted by atomic mass is 35.5. The Labute approximate surface area is 145 Å². The van der Waals surface area contributed by atoms with Crippen LogP contribution in [0.2, 0.25) is 5.02 Å². The molecule has 0 radical (unpaired) electrons. The van der Waals surface area contributed by atoms with E-state index >= 15 is 0 Å². The molecule has 0 aliphatic carbocycles. The second kappa shape index (κ2) is 6.33. The summed E-state index contributed by atoms with van der Waals surface area (Å²) in [5.74, 6) is -0.412. The van der Waals surface area contributed by atoms with E-state index < -0.39 is 6.36 Å². The van der Waals surface area contributed by atoms with E-state index in [1.54, 1.807) is 12.3 Å². The third-order valence-electron chi connectivity index (χ3n) is 3.58. The standard InChI is InChI=1S/C17H11ClF3NO3/c18-14-6-11(9-23)5-12-8-22(16(24)15(12)14)7-10-1-3-13(4-2-10)25-17(19,20)21/h1-6,8-9,24H,7H2. The summed E-state index contributed by atoms with van der Waals surface area (Å²) in [7, 11) is 0. The first-order valence-corrected chi connectivity index (χ1v) is 7.46. The fourth-order valence-corrected chi connectivity index (χ4v) is 2.86. The van der Waals surface area contributed by atoms with E-state index in [0.717, 1.165) is 0 Å². The van der Waals surface area contributed by atoms with Crippen LogP contribution >= 0.6 is 11.6 Å². The summed E-state index contributed by atoms with van der Waals surface area (Å²) >= 11 is 6.09. The molecule has 4 nitrogen and oxygen atoms in total. The van der Waals surface area contributed by atoms with Gasteiger partial charge in [0.15, 0.2) is 0 Å². The molecule has 0 saturated carbocycles. The van der Waals surface area contributed by atoms with Gasteiger partial charge in [-0.05, 0) is 29.8 Å². The zero-order valence-electron chi connectivity index (χ0n) is 12.5. The van der Waals surface area contributed by atoms with E-state index in [1.165, 1.54) is 34.9 Å². The first-order chi connectivity index (χ1) is 11.8. The number of hydrogen-bond acceptors (Lipinski definition) is 3. The van der Waals surface area contributed by atoms with E-state index in [2.05, 4.69) is 4.74 Å². The number of aromatic hydroxyl groups is 1. The Hall–Kier alpha value is -2.67. The number of carbonyl (C=O) groups excluding carboxylic acids is 1. The highest BCUT2D eigenvalue weighted by Gasteiger charge is 2.30. The molecule has 0 saturated heterocycles. The molecule has 0 bridgehead atoms. The Bertz CT molecular complexity index is 933. The van der Waals surface area contributed by atoms with Crippen LogP contribution in [0.15, 0.2) is 42.6 Å². The smallest absolute Gasteiger partial charge is 0.494 e. The van der Waals surface area contributed by atoms with Crippen LogP contribution in [0.3, 0.4) is 0 Å². The van der Waals surface area contributed by atoms with Crippen molar-refractivity contribution in [2.24, 2.45) is 0 Å². The lowest BCUT2D eigenvalue weighted by molar-refractivity contribution is -0.274. The molecule has 0 fully saturated rings. The van der Waals surface area contributed by atoms with Crippen LogP contribution < -0.4 is 4.74 Å². The van der Waals surface area contributed by atoms with Gasteiger partial charge in [0.25, 0.3) is 0 Å². The molecule has 0 unspecified atom stereocenters. The summed E-state index contributed by atoms with van der Waals surface area (Å²) < 4.78 is 41.8. The van der Waals surface area contributed by atoms with Gasteiger partial charge in [0.05, 0.1) is 17.0 Å². The van der Waals surface area contributed by atoms with Crippen molar-refractivity contribution in [2.45, 2.75) is 12.9 Å². The van der Waals surface area contributed by atoms with Crippen LogP contribution in [-0.4, -0.2) is 22.3 Å². The van der Waals surface area contributed by atoms with E-state index in [9.17, 15) is 23.1 Å². The second-order valence-corrected chi connectivity index (χ2v) is 5.76. The number of ether oxygens (including phenoxy) is 1. The van der Waals surface area contributed by atoms with Gasteiger partial charge in [-0.15, -0.1) is 13.2 Å². The second-order valence-electron chi connectivity index (χ2n) is 5.36. The van der Waals surface area contributed by atoms with Crippen LogP contribution in [0, 0.1) is 0 Å². The number of benzene rings is 2. The van der Waals surface area contributed by atoms with Gasteiger partial charge in [-0.25, -0.2) is 0 Å². The number of halogens is 4. The molecule has 25 heavy (non-hydrogen) atoms. The molecule has 130 valence electrons. The Morgan fingerprint density at radius 2 is 1.88 bits per heavy atom. The van der Waals surface area contributed by atoms with Gasteiger partial charge in [-0.3, -0.25) is 4.79 Å². The molecule has 0 aliphatic rings. The Balaban J connectivity index is 1.89. The molecule has 3 rings (SSSR count). The Morgan fingerprint density at radius 3 is 2.48 bits per heavy atom. The topological polar surface area (TPSA) is 51.5 Å². The van der Waals surface area contributed by atoms with Gasteiger partial charge in [0, 0.05) is 17.1 Å². The van der Waals surface area contributed by atoms with Crippen LogP contribution in [-0.2, 0) is 6.54 Å². The summed E-state index contributed by atoms with van der Waals surface area (Å²) in [6.45, 7) is 0.208. The monoisotopic (exact) mass is 369 g/mol. The average Bonchev–Trinajstić information content (AvgIpc) is 2.84. The normalized spacial score (nSPS) is 11.7. The fraction of sp³-hybridized carbons (Fsp3) is 0.118. The lowest BCUT2D eigenvalue weighted by Crippen LogP contribution is -2.17. The molecule has 1 aromatic heterocycles. The minimum absolute atomic E-state index is 0.0898. The van der Waals surface area contributed by atoms with Crippen molar-refractivity contribution in [1.29, 1.82) is 0 Å². The molecule has 0 atom stereocenters. The molecular formula is C17H11ClF3NO3. The lowest BCUT2D eigenvalue weighted by atomic mass is 10.1. The third-order valence-corrected chi connectivity index (χ3v) is 3.88.